The molecular formula is C3H4ClO2Ti. The number of aliphatic carboxylic acids is 1. The van der Waals surface area contributed by atoms with Crippen molar-refractivity contribution in [3.8, 4) is 0 Å². The fourth-order valence-electron chi connectivity index (χ4n) is 0. The van der Waals surface area contributed by atoms with Crippen LogP contribution in [0.3, 0.4) is 0 Å². The van der Waals surface area contributed by atoms with E-state index in [1.54, 1.807) is 0 Å². The van der Waals surface area contributed by atoms with Gasteiger partial charge < -0.3 is 5.11 Å². The van der Waals surface area contributed by atoms with Gasteiger partial charge in [-0.05, 0) is 0 Å². The summed E-state index contributed by atoms with van der Waals surface area (Å²) in [6, 6.07) is 0. The van der Waals surface area contributed by atoms with Gasteiger partial charge in [-0.2, -0.15) is 0 Å². The third-order valence-corrected chi connectivity index (χ3v) is 0.175. The van der Waals surface area contributed by atoms with E-state index >= 15 is 0 Å². The average molecular weight is 155 g/mol. The number of carbonyl (C=O) groups is 1. The zero-order valence-corrected chi connectivity index (χ0v) is 5.84. The average Bonchev–Trinajstić information content (AvgIpc) is 1.73. The predicted molar refractivity (Wildman–Crippen MR) is 23.7 cm³/mol. The number of carboxylic acid groups (broad SMARTS) is 1. The molecule has 7 heavy (non-hydrogen) atoms. The summed E-state index contributed by atoms with van der Waals surface area (Å²) in [4.78, 5) is 9.25. The molecule has 0 bridgehead atoms. The molecule has 0 atom stereocenters. The molecule has 0 saturated carbocycles. The first-order valence-corrected chi connectivity index (χ1v) is 3.46. The molecule has 0 aliphatic rings. The molecule has 0 saturated heterocycles. The fraction of sp³-hybridized carbons (Fsp3) is 0. The first-order valence-electron chi connectivity index (χ1n) is 1.31. The van der Waals surface area contributed by atoms with Gasteiger partial charge in [0.2, 0.25) is 0 Å². The summed E-state index contributed by atoms with van der Waals surface area (Å²) in [5.74, 6) is -0.981. The number of halogens is 1. The monoisotopic (exact) mass is 155 g/mol. The van der Waals surface area contributed by atoms with Crippen LogP contribution < -0.4 is 0 Å². The maximum absolute atomic E-state index is 9.25. The first-order chi connectivity index (χ1) is 3.27. The third-order valence-electron chi connectivity index (χ3n) is 0.175. The quantitative estimate of drug-likeness (QED) is 0.452. The van der Waals surface area contributed by atoms with E-state index in [1.807, 2.05) is 0 Å². The van der Waals surface area contributed by atoms with Crippen molar-refractivity contribution in [2.24, 2.45) is 0 Å². The van der Waals surface area contributed by atoms with E-state index in [1.165, 1.54) is 19.4 Å². The Bertz CT molecular complexity index is 64.0. The van der Waals surface area contributed by atoms with Crippen LogP contribution >= 0.6 is 9.30 Å². The molecule has 0 aromatic heterocycles. The van der Waals surface area contributed by atoms with Crippen LogP contribution in [0.2, 0.25) is 0 Å². The molecular weight excluding hydrogens is 151 g/mol. The van der Waals surface area contributed by atoms with Crippen molar-refractivity contribution in [1.82, 2.24) is 0 Å². The SMILES string of the molecule is C=CC(=O)O.[Cl][Ti]. The van der Waals surface area contributed by atoms with Gasteiger partial charge in [0.25, 0.3) is 0 Å². The second-order valence-corrected chi connectivity index (χ2v) is 0.542. The Morgan fingerprint density at radius 3 is 2.00 bits per heavy atom. The van der Waals surface area contributed by atoms with E-state index in [4.69, 9.17) is 5.11 Å². The van der Waals surface area contributed by atoms with Crippen LogP contribution in [-0.4, -0.2) is 11.1 Å². The number of rotatable bonds is 1. The molecule has 0 amide bonds. The van der Waals surface area contributed by atoms with Crippen LogP contribution in [0.15, 0.2) is 12.7 Å². The van der Waals surface area contributed by atoms with Crippen molar-refractivity contribution in [3.63, 3.8) is 0 Å². The molecule has 0 aliphatic carbocycles. The van der Waals surface area contributed by atoms with Gasteiger partial charge in [-0.1, -0.05) is 6.58 Å². The molecule has 2 nitrogen and oxygen atoms in total. The van der Waals surface area contributed by atoms with Gasteiger partial charge >= 0.3 is 34.6 Å². The number of hydrogen-bond donors (Lipinski definition) is 1. The van der Waals surface area contributed by atoms with E-state index in [0.717, 1.165) is 6.08 Å². The Labute approximate surface area is 57.4 Å². The minimum absolute atomic E-state index is 0.833. The summed E-state index contributed by atoms with van der Waals surface area (Å²) in [6.07, 6.45) is 0.833. The van der Waals surface area contributed by atoms with Crippen LogP contribution in [0, 0.1) is 0 Å². The topological polar surface area (TPSA) is 37.3 Å². The molecule has 0 rings (SSSR count). The van der Waals surface area contributed by atoms with E-state index < -0.39 is 5.97 Å². The zero-order valence-electron chi connectivity index (χ0n) is 3.52. The third kappa shape index (κ3) is 22.5. The van der Waals surface area contributed by atoms with Gasteiger partial charge in [-0.15, -0.1) is 0 Å². The molecule has 0 fully saturated rings. The summed E-state index contributed by atoms with van der Waals surface area (Å²) in [7, 11) is 4.64. The van der Waals surface area contributed by atoms with Crippen molar-refractivity contribution in [3.05, 3.63) is 12.7 Å². The number of hydrogen-bond acceptors (Lipinski definition) is 1. The Morgan fingerprint density at radius 2 is 2.00 bits per heavy atom. The second kappa shape index (κ2) is 9.51. The standard InChI is InChI=1S/C3H4O2.ClH.Ti/c1-2-3(4)5;;/h2H,1H2,(H,4,5);1H;/q;;+1/p-1. The Kier molecular flexibility index (Phi) is 13.9. The molecule has 0 radical (unpaired) electrons. The Morgan fingerprint density at radius 1 is 1.86 bits per heavy atom. The maximum atomic E-state index is 9.25. The van der Waals surface area contributed by atoms with Gasteiger partial charge in [0.15, 0.2) is 0 Å². The van der Waals surface area contributed by atoms with Crippen LogP contribution in [0.25, 0.3) is 0 Å². The van der Waals surface area contributed by atoms with E-state index in [9.17, 15) is 4.79 Å². The van der Waals surface area contributed by atoms with Crippen molar-refractivity contribution >= 4 is 15.3 Å². The van der Waals surface area contributed by atoms with Crippen LogP contribution in [0.5, 0.6) is 0 Å². The second-order valence-electron chi connectivity index (χ2n) is 0.542. The molecule has 4 heteroatoms. The van der Waals surface area contributed by atoms with E-state index in [2.05, 4.69) is 15.9 Å². The molecule has 0 spiro atoms. The summed E-state index contributed by atoms with van der Waals surface area (Å²) >= 11 is 1.47. The zero-order chi connectivity index (χ0) is 6.28. The summed E-state index contributed by atoms with van der Waals surface area (Å²) < 4.78 is 0. The molecule has 1 N–H and O–H groups in total. The Balaban J connectivity index is 0. The van der Waals surface area contributed by atoms with E-state index in [-0.39, 0.29) is 0 Å². The predicted octanol–water partition coefficient (Wildman–Crippen LogP) is 0.944. The molecule has 39 valence electrons. The van der Waals surface area contributed by atoms with Crippen LogP contribution in [0.1, 0.15) is 0 Å². The van der Waals surface area contributed by atoms with Gasteiger partial charge in [0, 0.05) is 6.08 Å². The van der Waals surface area contributed by atoms with Crippen molar-refractivity contribution < 1.29 is 29.3 Å². The minimum atomic E-state index is -0.981. The first kappa shape index (κ1) is 10.2. The fourth-order valence-corrected chi connectivity index (χ4v) is 0. The van der Waals surface area contributed by atoms with Gasteiger partial charge in [0.1, 0.15) is 0 Å². The molecule has 0 aromatic carbocycles. The van der Waals surface area contributed by atoms with Gasteiger partial charge in [-0.3, -0.25) is 0 Å². The van der Waals surface area contributed by atoms with Crippen molar-refractivity contribution in [1.29, 1.82) is 0 Å². The molecule has 0 aliphatic heterocycles. The molecule has 0 heterocycles. The summed E-state index contributed by atoms with van der Waals surface area (Å²) in [5, 5.41) is 7.60. The van der Waals surface area contributed by atoms with Gasteiger partial charge in [0.05, 0.1) is 0 Å². The molecule has 0 unspecified atom stereocenters. The van der Waals surface area contributed by atoms with E-state index in [0.29, 0.717) is 0 Å². The van der Waals surface area contributed by atoms with Crippen LogP contribution in [0.4, 0.5) is 0 Å². The normalized spacial score (nSPS) is 5.14. The Hall–Kier alpha value is 0.214. The summed E-state index contributed by atoms with van der Waals surface area (Å²) in [5.41, 5.74) is 0. The molecule has 0 aromatic rings. The summed E-state index contributed by atoms with van der Waals surface area (Å²) in [6.45, 7) is 2.96. The number of carboxylic acids is 1. The van der Waals surface area contributed by atoms with Gasteiger partial charge in [-0.25, -0.2) is 4.79 Å². The van der Waals surface area contributed by atoms with Crippen LogP contribution in [-0.2, 0) is 24.2 Å². The van der Waals surface area contributed by atoms with Crippen molar-refractivity contribution in [2.45, 2.75) is 0 Å². The van der Waals surface area contributed by atoms with Crippen molar-refractivity contribution in [2.75, 3.05) is 0 Å².